The van der Waals surface area contributed by atoms with E-state index in [1.165, 1.54) is 7.11 Å². The van der Waals surface area contributed by atoms with Crippen molar-refractivity contribution in [2.24, 2.45) is 5.92 Å². The summed E-state index contributed by atoms with van der Waals surface area (Å²) in [5.74, 6) is -0.646. The Morgan fingerprint density at radius 2 is 2.09 bits per heavy atom. The van der Waals surface area contributed by atoms with E-state index in [1.54, 1.807) is 6.92 Å². The average molecular weight is 223 g/mol. The highest BCUT2D eigenvalue weighted by atomic mass is 79.9. The van der Waals surface area contributed by atoms with Gasteiger partial charge in [-0.25, -0.2) is 0 Å². The SMILES string of the molecule is COC(=O)[C@@H](C)CC(=O)CBr. The Morgan fingerprint density at radius 3 is 2.45 bits per heavy atom. The van der Waals surface area contributed by atoms with Gasteiger partial charge in [0.25, 0.3) is 0 Å². The number of hydrogen-bond donors (Lipinski definition) is 0. The minimum Gasteiger partial charge on any atom is -0.469 e. The molecule has 3 nitrogen and oxygen atoms in total. The van der Waals surface area contributed by atoms with Crippen LogP contribution in [-0.2, 0) is 14.3 Å². The predicted octanol–water partition coefficient (Wildman–Crippen LogP) is 1.15. The van der Waals surface area contributed by atoms with Gasteiger partial charge < -0.3 is 4.74 Å². The molecule has 0 N–H and O–H groups in total. The zero-order chi connectivity index (χ0) is 8.85. The van der Waals surface area contributed by atoms with Crippen LogP contribution in [-0.4, -0.2) is 24.2 Å². The molecule has 0 saturated heterocycles. The average Bonchev–Trinajstić information content (AvgIpc) is 2.02. The number of methoxy groups -OCH3 is 1. The second-order valence-corrected chi connectivity index (χ2v) is 2.86. The number of ether oxygens (including phenoxy) is 1. The van der Waals surface area contributed by atoms with E-state index < -0.39 is 0 Å². The minimum atomic E-state index is -0.334. The van der Waals surface area contributed by atoms with Gasteiger partial charge in [0, 0.05) is 6.42 Å². The van der Waals surface area contributed by atoms with Gasteiger partial charge in [0.1, 0.15) is 5.78 Å². The van der Waals surface area contributed by atoms with Crippen molar-refractivity contribution in [3.63, 3.8) is 0 Å². The van der Waals surface area contributed by atoms with Gasteiger partial charge in [-0.2, -0.15) is 0 Å². The van der Waals surface area contributed by atoms with Crippen LogP contribution < -0.4 is 0 Å². The van der Waals surface area contributed by atoms with Gasteiger partial charge in [0.15, 0.2) is 0 Å². The van der Waals surface area contributed by atoms with Crippen LogP contribution in [0, 0.1) is 5.92 Å². The molecule has 0 aromatic carbocycles. The van der Waals surface area contributed by atoms with Gasteiger partial charge in [0.05, 0.1) is 18.4 Å². The lowest BCUT2D eigenvalue weighted by Crippen LogP contribution is -2.17. The van der Waals surface area contributed by atoms with Crippen molar-refractivity contribution in [3.8, 4) is 0 Å². The van der Waals surface area contributed by atoms with Gasteiger partial charge in [0.2, 0.25) is 0 Å². The number of Topliss-reactive ketones (excluding diaryl/α,β-unsaturated/α-hetero) is 1. The van der Waals surface area contributed by atoms with E-state index >= 15 is 0 Å². The third-order valence-electron chi connectivity index (χ3n) is 1.29. The zero-order valence-corrected chi connectivity index (χ0v) is 8.18. The Kier molecular flexibility index (Phi) is 5.11. The molecule has 1 atom stereocenters. The Labute approximate surface area is 74.2 Å². The van der Waals surface area contributed by atoms with Crippen LogP contribution in [0.2, 0.25) is 0 Å². The normalized spacial score (nSPS) is 12.3. The van der Waals surface area contributed by atoms with Crippen LogP contribution in [0.5, 0.6) is 0 Å². The van der Waals surface area contributed by atoms with E-state index in [0.717, 1.165) is 0 Å². The van der Waals surface area contributed by atoms with Gasteiger partial charge in [-0.1, -0.05) is 22.9 Å². The van der Waals surface area contributed by atoms with Crippen molar-refractivity contribution in [2.75, 3.05) is 12.4 Å². The van der Waals surface area contributed by atoms with Crippen molar-refractivity contribution in [1.29, 1.82) is 0 Å². The van der Waals surface area contributed by atoms with E-state index in [1.807, 2.05) is 0 Å². The second-order valence-electron chi connectivity index (χ2n) is 2.30. The molecular weight excluding hydrogens is 212 g/mol. The largest absolute Gasteiger partial charge is 0.469 e. The van der Waals surface area contributed by atoms with Gasteiger partial charge in [-0.3, -0.25) is 9.59 Å². The van der Waals surface area contributed by atoms with Crippen LogP contribution in [0.1, 0.15) is 13.3 Å². The highest BCUT2D eigenvalue weighted by Crippen LogP contribution is 2.05. The van der Waals surface area contributed by atoms with E-state index in [9.17, 15) is 9.59 Å². The molecule has 4 heteroatoms. The minimum absolute atomic E-state index is 0.0166. The number of halogens is 1. The number of hydrogen-bond acceptors (Lipinski definition) is 3. The molecule has 0 aromatic heterocycles. The first-order valence-corrected chi connectivity index (χ1v) is 4.39. The van der Waals surface area contributed by atoms with Crippen molar-refractivity contribution >= 4 is 27.7 Å². The Balaban J connectivity index is 3.77. The number of alkyl halides is 1. The molecule has 0 heterocycles. The number of rotatable bonds is 4. The third-order valence-corrected chi connectivity index (χ3v) is 1.91. The molecule has 64 valence electrons. The van der Waals surface area contributed by atoms with Gasteiger partial charge >= 0.3 is 5.97 Å². The number of carbonyl (C=O) groups excluding carboxylic acids is 2. The van der Waals surface area contributed by atoms with Crippen LogP contribution in [0.4, 0.5) is 0 Å². The standard InChI is InChI=1S/C7H11BrO3/c1-5(7(10)11-2)3-6(9)4-8/h5H,3-4H2,1-2H3/t5-/m0/s1. The topological polar surface area (TPSA) is 43.4 Å². The van der Waals surface area contributed by atoms with Crippen LogP contribution in [0.3, 0.4) is 0 Å². The predicted molar refractivity (Wildman–Crippen MR) is 44.6 cm³/mol. The summed E-state index contributed by atoms with van der Waals surface area (Å²) in [6, 6.07) is 0. The fourth-order valence-electron chi connectivity index (χ4n) is 0.681. The summed E-state index contributed by atoms with van der Waals surface area (Å²) in [5.41, 5.74) is 0. The smallest absolute Gasteiger partial charge is 0.308 e. The summed E-state index contributed by atoms with van der Waals surface area (Å²) < 4.78 is 4.45. The van der Waals surface area contributed by atoms with E-state index in [4.69, 9.17) is 0 Å². The Hall–Kier alpha value is -0.380. The van der Waals surface area contributed by atoms with Crippen LogP contribution in [0.25, 0.3) is 0 Å². The van der Waals surface area contributed by atoms with Crippen LogP contribution in [0.15, 0.2) is 0 Å². The van der Waals surface area contributed by atoms with E-state index in [2.05, 4.69) is 20.7 Å². The van der Waals surface area contributed by atoms with Gasteiger partial charge in [-0.05, 0) is 0 Å². The number of ketones is 1. The molecule has 0 amide bonds. The molecule has 0 aliphatic rings. The molecule has 0 aliphatic heterocycles. The highest BCUT2D eigenvalue weighted by Gasteiger charge is 2.15. The number of carbonyl (C=O) groups is 2. The first-order valence-electron chi connectivity index (χ1n) is 3.27. The summed E-state index contributed by atoms with van der Waals surface area (Å²) in [5, 5.41) is 0.300. The molecule has 0 rings (SSSR count). The molecule has 0 radical (unpaired) electrons. The summed E-state index contributed by atoms with van der Waals surface area (Å²) in [7, 11) is 1.32. The Morgan fingerprint density at radius 1 is 1.55 bits per heavy atom. The quantitative estimate of drug-likeness (QED) is 0.530. The lowest BCUT2D eigenvalue weighted by Gasteiger charge is -2.05. The van der Waals surface area contributed by atoms with E-state index in [0.29, 0.717) is 5.33 Å². The molecule has 0 unspecified atom stereocenters. The third kappa shape index (κ3) is 4.14. The molecule has 0 spiro atoms. The monoisotopic (exact) mass is 222 g/mol. The summed E-state index contributed by atoms with van der Waals surface area (Å²) in [4.78, 5) is 21.6. The molecule has 0 aromatic rings. The fourth-order valence-corrected chi connectivity index (χ4v) is 0.909. The Bertz CT molecular complexity index is 156. The zero-order valence-electron chi connectivity index (χ0n) is 6.59. The summed E-state index contributed by atoms with van der Waals surface area (Å²) in [6.45, 7) is 1.67. The summed E-state index contributed by atoms with van der Waals surface area (Å²) in [6.07, 6.45) is 0.248. The summed E-state index contributed by atoms with van der Waals surface area (Å²) >= 11 is 3.01. The molecule has 11 heavy (non-hydrogen) atoms. The molecule has 0 bridgehead atoms. The lowest BCUT2D eigenvalue weighted by molar-refractivity contribution is -0.146. The molecule has 0 fully saturated rings. The molecular formula is C7H11BrO3. The van der Waals surface area contributed by atoms with Crippen molar-refractivity contribution in [2.45, 2.75) is 13.3 Å². The van der Waals surface area contributed by atoms with Crippen molar-refractivity contribution in [3.05, 3.63) is 0 Å². The maximum atomic E-state index is 10.8. The fraction of sp³-hybridized carbons (Fsp3) is 0.714. The van der Waals surface area contributed by atoms with Crippen molar-refractivity contribution < 1.29 is 14.3 Å². The maximum absolute atomic E-state index is 10.8. The molecule has 0 aliphatic carbocycles. The van der Waals surface area contributed by atoms with E-state index in [-0.39, 0.29) is 24.1 Å². The van der Waals surface area contributed by atoms with Crippen LogP contribution >= 0.6 is 15.9 Å². The number of esters is 1. The highest BCUT2D eigenvalue weighted by molar-refractivity contribution is 9.09. The molecule has 0 saturated carbocycles. The first kappa shape index (κ1) is 10.6. The maximum Gasteiger partial charge on any atom is 0.308 e. The second kappa shape index (κ2) is 5.29. The van der Waals surface area contributed by atoms with Crippen molar-refractivity contribution in [1.82, 2.24) is 0 Å². The lowest BCUT2D eigenvalue weighted by atomic mass is 10.1. The first-order chi connectivity index (χ1) is 5.11. The van der Waals surface area contributed by atoms with Gasteiger partial charge in [-0.15, -0.1) is 0 Å².